The first kappa shape index (κ1) is 12.0. The Kier molecular flexibility index (Phi) is 3.67. The second-order valence-electron chi connectivity index (χ2n) is 3.10. The largest absolute Gasteiger partial charge is 0.386 e. The Hall–Kier alpha value is -1.11. The van der Waals surface area contributed by atoms with E-state index in [1.54, 1.807) is 0 Å². The minimum absolute atomic E-state index is 0.823. The zero-order valence-electron chi connectivity index (χ0n) is 8.44. The van der Waals surface area contributed by atoms with Crippen LogP contribution in [-0.4, -0.2) is 48.5 Å². The van der Waals surface area contributed by atoms with E-state index in [-0.39, 0.29) is 0 Å². The number of hydrogen-bond donors (Lipinski definition) is 2. The molecular formula is C8H13N3O4. The van der Waals surface area contributed by atoms with E-state index >= 15 is 0 Å². The summed E-state index contributed by atoms with van der Waals surface area (Å²) in [5, 5.41) is 22.6. The van der Waals surface area contributed by atoms with Gasteiger partial charge < -0.3 is 19.7 Å². The molecular weight excluding hydrogens is 202 g/mol. The van der Waals surface area contributed by atoms with Gasteiger partial charge in [-0.1, -0.05) is 17.3 Å². The summed E-state index contributed by atoms with van der Waals surface area (Å²) >= 11 is 0. The molecule has 0 aromatic carbocycles. The predicted molar refractivity (Wildman–Crippen MR) is 50.8 cm³/mol. The maximum atomic E-state index is 9.75. The quantitative estimate of drug-likeness (QED) is 0.226. The molecule has 84 valence electrons. The first-order valence-electron chi connectivity index (χ1n) is 4.31. The highest BCUT2D eigenvalue weighted by Gasteiger charge is 2.49. The summed E-state index contributed by atoms with van der Waals surface area (Å²) in [6.45, 7) is 0. The molecule has 15 heavy (non-hydrogen) atoms. The van der Waals surface area contributed by atoms with Crippen LogP contribution in [0.3, 0.4) is 0 Å². The van der Waals surface area contributed by atoms with Crippen LogP contribution >= 0.6 is 0 Å². The molecule has 0 saturated carbocycles. The zero-order valence-corrected chi connectivity index (χ0v) is 8.44. The summed E-state index contributed by atoms with van der Waals surface area (Å²) in [4.78, 5) is 2.63. The van der Waals surface area contributed by atoms with E-state index in [2.05, 4.69) is 10.0 Å². The SMILES string of the molecule is COC1(OC)[C@H](O)[C@@H](O)C=C[C@H]1N=[N+]=[N-]. The number of nitrogens with zero attached hydrogens (tertiary/aromatic N) is 3. The molecule has 0 radical (unpaired) electrons. The number of methoxy groups -OCH3 is 2. The molecule has 0 fully saturated rings. The van der Waals surface area contributed by atoms with Crippen molar-refractivity contribution in [1.29, 1.82) is 0 Å². The van der Waals surface area contributed by atoms with Crippen LogP contribution in [0.15, 0.2) is 17.3 Å². The highest BCUT2D eigenvalue weighted by molar-refractivity contribution is 5.15. The number of ether oxygens (including phenoxy) is 2. The molecule has 7 heteroatoms. The molecule has 0 unspecified atom stereocenters. The highest BCUT2D eigenvalue weighted by atomic mass is 16.7. The third-order valence-electron chi connectivity index (χ3n) is 2.45. The van der Waals surface area contributed by atoms with Gasteiger partial charge in [0, 0.05) is 19.1 Å². The van der Waals surface area contributed by atoms with Gasteiger partial charge in [-0.3, -0.25) is 0 Å². The van der Waals surface area contributed by atoms with Crippen molar-refractivity contribution in [3.63, 3.8) is 0 Å². The first-order valence-corrected chi connectivity index (χ1v) is 4.31. The fourth-order valence-corrected chi connectivity index (χ4v) is 1.61. The van der Waals surface area contributed by atoms with E-state index in [4.69, 9.17) is 15.0 Å². The number of aliphatic hydroxyl groups excluding tert-OH is 2. The summed E-state index contributed by atoms with van der Waals surface area (Å²) in [5.74, 6) is -1.54. The summed E-state index contributed by atoms with van der Waals surface area (Å²) < 4.78 is 10.1. The summed E-state index contributed by atoms with van der Waals surface area (Å²) in [6, 6.07) is -0.823. The molecule has 0 bridgehead atoms. The predicted octanol–water partition coefficient (Wildman–Crippen LogP) is -0.0540. The minimum atomic E-state index is -1.54. The Bertz CT molecular complexity index is 296. The van der Waals surface area contributed by atoms with Crippen LogP contribution in [-0.2, 0) is 9.47 Å². The topological polar surface area (TPSA) is 108 Å². The van der Waals surface area contributed by atoms with Gasteiger partial charge in [-0.05, 0) is 5.53 Å². The van der Waals surface area contributed by atoms with E-state index in [1.807, 2.05) is 0 Å². The Balaban J connectivity index is 3.14. The summed E-state index contributed by atoms with van der Waals surface area (Å²) in [5.41, 5.74) is 8.36. The van der Waals surface area contributed by atoms with Gasteiger partial charge in [0.2, 0.25) is 5.79 Å². The average Bonchev–Trinajstić information content (AvgIpc) is 2.25. The van der Waals surface area contributed by atoms with Crippen molar-refractivity contribution in [2.24, 2.45) is 5.11 Å². The van der Waals surface area contributed by atoms with Crippen molar-refractivity contribution in [1.82, 2.24) is 0 Å². The molecule has 0 spiro atoms. The summed E-state index contributed by atoms with van der Waals surface area (Å²) in [6.07, 6.45) is 0.341. The van der Waals surface area contributed by atoms with Crippen LogP contribution in [0, 0.1) is 0 Å². The van der Waals surface area contributed by atoms with Gasteiger partial charge in [0.1, 0.15) is 18.2 Å². The van der Waals surface area contributed by atoms with Crippen LogP contribution in [0.1, 0.15) is 0 Å². The number of rotatable bonds is 3. The van der Waals surface area contributed by atoms with Gasteiger partial charge >= 0.3 is 0 Å². The van der Waals surface area contributed by atoms with Gasteiger partial charge in [0.15, 0.2) is 0 Å². The Morgan fingerprint density at radius 2 is 1.93 bits per heavy atom. The van der Waals surface area contributed by atoms with Crippen LogP contribution < -0.4 is 0 Å². The van der Waals surface area contributed by atoms with Crippen molar-refractivity contribution >= 4 is 0 Å². The van der Waals surface area contributed by atoms with E-state index in [9.17, 15) is 10.2 Å². The third kappa shape index (κ3) is 1.83. The standard InChI is InChI=1S/C8H13N3O4/c1-14-8(15-2)6(10-11-9)4-3-5(12)7(8)13/h3-7,12-13H,1-2H3/t5-,6+,7+/m0/s1. The minimum Gasteiger partial charge on any atom is -0.386 e. The second-order valence-corrected chi connectivity index (χ2v) is 3.10. The van der Waals surface area contributed by atoms with Crippen molar-refractivity contribution < 1.29 is 19.7 Å². The molecule has 1 aliphatic rings. The molecule has 0 heterocycles. The van der Waals surface area contributed by atoms with Gasteiger partial charge in [-0.2, -0.15) is 0 Å². The molecule has 1 aliphatic carbocycles. The van der Waals surface area contributed by atoms with Crippen molar-refractivity contribution in [2.45, 2.75) is 24.0 Å². The average molecular weight is 215 g/mol. The number of aliphatic hydroxyl groups is 2. The van der Waals surface area contributed by atoms with E-state index in [0.717, 1.165) is 0 Å². The second kappa shape index (κ2) is 4.61. The van der Waals surface area contributed by atoms with Crippen molar-refractivity contribution in [3.05, 3.63) is 22.6 Å². The van der Waals surface area contributed by atoms with Crippen LogP contribution in [0.5, 0.6) is 0 Å². The maximum absolute atomic E-state index is 9.75. The lowest BCUT2D eigenvalue weighted by atomic mass is 9.90. The smallest absolute Gasteiger partial charge is 0.209 e. The molecule has 2 N–H and O–H groups in total. The van der Waals surface area contributed by atoms with Gasteiger partial charge in [0.25, 0.3) is 0 Å². The van der Waals surface area contributed by atoms with Crippen LogP contribution in [0.2, 0.25) is 0 Å². The van der Waals surface area contributed by atoms with Crippen LogP contribution in [0.25, 0.3) is 10.4 Å². The van der Waals surface area contributed by atoms with Crippen molar-refractivity contribution in [2.75, 3.05) is 14.2 Å². The molecule has 3 atom stereocenters. The lowest BCUT2D eigenvalue weighted by Gasteiger charge is -2.42. The molecule has 0 saturated heterocycles. The molecule has 0 aliphatic heterocycles. The maximum Gasteiger partial charge on any atom is 0.209 e. The number of hydrogen-bond acceptors (Lipinski definition) is 5. The van der Waals surface area contributed by atoms with Gasteiger partial charge in [-0.15, -0.1) is 0 Å². The molecule has 0 aromatic rings. The Morgan fingerprint density at radius 1 is 1.33 bits per heavy atom. The summed E-state index contributed by atoms with van der Waals surface area (Å²) in [7, 11) is 2.61. The Labute approximate surface area is 86.5 Å². The van der Waals surface area contributed by atoms with Crippen LogP contribution in [0.4, 0.5) is 0 Å². The van der Waals surface area contributed by atoms with E-state index < -0.39 is 24.0 Å². The first-order chi connectivity index (χ1) is 7.12. The fourth-order valence-electron chi connectivity index (χ4n) is 1.61. The lowest BCUT2D eigenvalue weighted by molar-refractivity contribution is -0.280. The molecule has 7 nitrogen and oxygen atoms in total. The normalized spacial score (nSPS) is 33.5. The molecule has 0 aromatic heterocycles. The van der Waals surface area contributed by atoms with Gasteiger partial charge in [-0.25, -0.2) is 0 Å². The van der Waals surface area contributed by atoms with E-state index in [1.165, 1.54) is 26.4 Å². The lowest BCUT2D eigenvalue weighted by Crippen LogP contribution is -2.59. The molecule has 1 rings (SSSR count). The highest BCUT2D eigenvalue weighted by Crippen LogP contribution is 2.31. The van der Waals surface area contributed by atoms with Crippen molar-refractivity contribution in [3.8, 4) is 0 Å². The zero-order chi connectivity index (χ0) is 11.5. The number of azide groups is 1. The Morgan fingerprint density at radius 3 is 2.40 bits per heavy atom. The van der Waals surface area contributed by atoms with E-state index in [0.29, 0.717) is 0 Å². The fraction of sp³-hybridized carbons (Fsp3) is 0.750. The monoisotopic (exact) mass is 215 g/mol. The van der Waals surface area contributed by atoms with Gasteiger partial charge in [0.05, 0.1) is 0 Å². The molecule has 0 amide bonds. The third-order valence-corrected chi connectivity index (χ3v) is 2.45.